The van der Waals surface area contributed by atoms with Crippen LogP contribution in [-0.4, -0.2) is 19.0 Å². The number of rotatable bonds is 5. The maximum atomic E-state index is 11.3. The van der Waals surface area contributed by atoms with Gasteiger partial charge in [0.1, 0.15) is 0 Å². The van der Waals surface area contributed by atoms with Crippen molar-refractivity contribution in [1.82, 2.24) is 5.32 Å². The van der Waals surface area contributed by atoms with Crippen molar-refractivity contribution in [2.45, 2.75) is 13.3 Å². The van der Waals surface area contributed by atoms with Crippen LogP contribution in [0.1, 0.15) is 18.9 Å². The van der Waals surface area contributed by atoms with Crippen molar-refractivity contribution in [2.24, 2.45) is 0 Å². The zero-order valence-electron chi connectivity index (χ0n) is 9.29. The summed E-state index contributed by atoms with van der Waals surface area (Å²) in [6.07, 6.45) is 0.926. The molecule has 0 aromatic heterocycles. The highest BCUT2D eigenvalue weighted by Gasteiger charge is 2.00. The predicted molar refractivity (Wildman–Crippen MR) is 62.9 cm³/mol. The quantitative estimate of drug-likeness (QED) is 0.785. The number of carbonyl (C=O) groups excluding carboxylic acids is 1. The third kappa shape index (κ3) is 4.01. The molecule has 0 radical (unpaired) electrons. The fraction of sp³-hybridized carbons (Fsp3) is 0.333. The molecule has 0 saturated heterocycles. The van der Waals surface area contributed by atoms with Crippen LogP contribution in [0.25, 0.3) is 0 Å². The first-order valence-electron chi connectivity index (χ1n) is 5.27. The average Bonchev–Trinajstić information content (AvgIpc) is 2.34. The lowest BCUT2D eigenvalue weighted by Crippen LogP contribution is -2.30. The van der Waals surface area contributed by atoms with Crippen LogP contribution in [0.3, 0.4) is 0 Å². The van der Waals surface area contributed by atoms with Crippen molar-refractivity contribution < 1.29 is 4.79 Å². The zero-order valence-corrected chi connectivity index (χ0v) is 9.29. The molecule has 1 aromatic carbocycles. The Morgan fingerprint density at radius 3 is 3.00 bits per heavy atom. The van der Waals surface area contributed by atoms with Gasteiger partial charge in [-0.3, -0.25) is 4.79 Å². The van der Waals surface area contributed by atoms with Crippen molar-refractivity contribution in [3.8, 4) is 6.07 Å². The molecule has 16 heavy (non-hydrogen) atoms. The molecule has 0 spiro atoms. The smallest absolute Gasteiger partial charge is 0.239 e. The van der Waals surface area contributed by atoms with Crippen LogP contribution >= 0.6 is 0 Å². The standard InChI is InChI=1S/C12H15N3O/c1-2-6-14-12(16)9-15-11-5-3-4-10(7-11)8-13/h3-5,7,15H,2,6,9H2,1H3,(H,14,16). The number of carbonyl (C=O) groups is 1. The highest BCUT2D eigenvalue weighted by atomic mass is 16.1. The molecule has 0 saturated carbocycles. The number of anilines is 1. The van der Waals surface area contributed by atoms with Gasteiger partial charge < -0.3 is 10.6 Å². The minimum atomic E-state index is -0.0378. The third-order valence-corrected chi connectivity index (χ3v) is 2.02. The molecule has 1 amide bonds. The van der Waals surface area contributed by atoms with E-state index in [1.165, 1.54) is 0 Å². The highest BCUT2D eigenvalue weighted by molar-refractivity contribution is 5.80. The minimum absolute atomic E-state index is 0.0378. The Kier molecular flexibility index (Phi) is 4.87. The van der Waals surface area contributed by atoms with Crippen molar-refractivity contribution in [3.63, 3.8) is 0 Å². The second kappa shape index (κ2) is 6.46. The molecule has 2 N–H and O–H groups in total. The predicted octanol–water partition coefficient (Wildman–Crippen LogP) is 1.50. The summed E-state index contributed by atoms with van der Waals surface area (Å²) < 4.78 is 0. The van der Waals surface area contributed by atoms with E-state index in [-0.39, 0.29) is 12.5 Å². The van der Waals surface area contributed by atoms with Crippen LogP contribution in [0, 0.1) is 11.3 Å². The first-order chi connectivity index (χ1) is 7.76. The molecule has 0 aliphatic heterocycles. The van der Waals surface area contributed by atoms with E-state index in [4.69, 9.17) is 5.26 Å². The molecule has 0 aliphatic rings. The van der Waals surface area contributed by atoms with E-state index < -0.39 is 0 Å². The van der Waals surface area contributed by atoms with Gasteiger partial charge in [0.25, 0.3) is 0 Å². The molecule has 1 aromatic rings. The van der Waals surface area contributed by atoms with Gasteiger partial charge in [-0.25, -0.2) is 0 Å². The summed E-state index contributed by atoms with van der Waals surface area (Å²) in [5.74, 6) is -0.0378. The SMILES string of the molecule is CCCNC(=O)CNc1cccc(C#N)c1. The monoisotopic (exact) mass is 217 g/mol. The molecule has 0 heterocycles. The number of nitriles is 1. The van der Waals surface area contributed by atoms with Gasteiger partial charge in [0.05, 0.1) is 18.2 Å². The molecule has 1 rings (SSSR count). The van der Waals surface area contributed by atoms with Crippen molar-refractivity contribution in [3.05, 3.63) is 29.8 Å². The second-order valence-electron chi connectivity index (χ2n) is 3.40. The second-order valence-corrected chi connectivity index (χ2v) is 3.40. The summed E-state index contributed by atoms with van der Waals surface area (Å²) in [5, 5.41) is 14.4. The Balaban J connectivity index is 2.42. The lowest BCUT2D eigenvalue weighted by Gasteiger charge is -2.06. The molecule has 84 valence electrons. The molecule has 4 nitrogen and oxygen atoms in total. The van der Waals surface area contributed by atoms with E-state index in [0.717, 1.165) is 12.1 Å². The Bertz CT molecular complexity index is 395. The van der Waals surface area contributed by atoms with Gasteiger partial charge in [-0.05, 0) is 24.6 Å². The largest absolute Gasteiger partial charge is 0.376 e. The Hall–Kier alpha value is -2.02. The van der Waals surface area contributed by atoms with Gasteiger partial charge in [-0.2, -0.15) is 5.26 Å². The van der Waals surface area contributed by atoms with Crippen LogP contribution in [0.5, 0.6) is 0 Å². The summed E-state index contributed by atoms with van der Waals surface area (Å²) in [4.78, 5) is 11.3. The fourth-order valence-electron chi connectivity index (χ4n) is 1.21. The van der Waals surface area contributed by atoms with E-state index in [1.54, 1.807) is 18.2 Å². The topological polar surface area (TPSA) is 64.9 Å². The molecule has 0 atom stereocenters. The number of hydrogen-bond acceptors (Lipinski definition) is 3. The van der Waals surface area contributed by atoms with Gasteiger partial charge >= 0.3 is 0 Å². The van der Waals surface area contributed by atoms with Crippen molar-refractivity contribution >= 4 is 11.6 Å². The number of benzene rings is 1. The van der Waals surface area contributed by atoms with Gasteiger partial charge in [0.15, 0.2) is 0 Å². The first kappa shape index (κ1) is 12.1. The van der Waals surface area contributed by atoms with E-state index in [2.05, 4.69) is 10.6 Å². The van der Waals surface area contributed by atoms with Gasteiger partial charge in [-0.15, -0.1) is 0 Å². The maximum absolute atomic E-state index is 11.3. The van der Waals surface area contributed by atoms with Gasteiger partial charge in [0.2, 0.25) is 5.91 Å². The summed E-state index contributed by atoms with van der Waals surface area (Å²) in [6, 6.07) is 9.10. The van der Waals surface area contributed by atoms with E-state index >= 15 is 0 Å². The highest BCUT2D eigenvalue weighted by Crippen LogP contribution is 2.08. The molecule has 0 bridgehead atoms. The zero-order chi connectivity index (χ0) is 11.8. The van der Waals surface area contributed by atoms with Crippen LogP contribution in [0.15, 0.2) is 24.3 Å². The van der Waals surface area contributed by atoms with Crippen molar-refractivity contribution in [1.29, 1.82) is 5.26 Å². The molecule has 0 aliphatic carbocycles. The lowest BCUT2D eigenvalue weighted by molar-refractivity contribution is -0.119. The molecular weight excluding hydrogens is 202 g/mol. The van der Waals surface area contributed by atoms with Gasteiger partial charge in [0, 0.05) is 12.2 Å². The van der Waals surface area contributed by atoms with E-state index in [0.29, 0.717) is 12.1 Å². The number of nitrogens with zero attached hydrogens (tertiary/aromatic N) is 1. The van der Waals surface area contributed by atoms with Crippen LogP contribution in [0.2, 0.25) is 0 Å². The Morgan fingerprint density at radius 1 is 1.50 bits per heavy atom. The lowest BCUT2D eigenvalue weighted by atomic mass is 10.2. The maximum Gasteiger partial charge on any atom is 0.239 e. The molecule has 0 unspecified atom stereocenters. The Morgan fingerprint density at radius 2 is 2.31 bits per heavy atom. The first-order valence-corrected chi connectivity index (χ1v) is 5.27. The molecule has 4 heteroatoms. The number of hydrogen-bond donors (Lipinski definition) is 2. The van der Waals surface area contributed by atoms with Gasteiger partial charge in [-0.1, -0.05) is 13.0 Å². The minimum Gasteiger partial charge on any atom is -0.376 e. The Labute approximate surface area is 95.3 Å². The van der Waals surface area contributed by atoms with Crippen molar-refractivity contribution in [2.75, 3.05) is 18.4 Å². The summed E-state index contributed by atoms with van der Waals surface area (Å²) in [7, 11) is 0. The molecule has 0 fully saturated rings. The van der Waals surface area contributed by atoms with Crippen LogP contribution in [-0.2, 0) is 4.79 Å². The number of amides is 1. The summed E-state index contributed by atoms with van der Waals surface area (Å²) in [5.41, 5.74) is 1.37. The average molecular weight is 217 g/mol. The van der Waals surface area contributed by atoms with E-state index in [9.17, 15) is 4.79 Å². The molecular formula is C12H15N3O. The summed E-state index contributed by atoms with van der Waals surface area (Å²) >= 11 is 0. The van der Waals surface area contributed by atoms with E-state index in [1.807, 2.05) is 19.1 Å². The van der Waals surface area contributed by atoms with Crippen LogP contribution < -0.4 is 10.6 Å². The normalized spacial score (nSPS) is 9.25. The summed E-state index contributed by atoms with van der Waals surface area (Å²) in [6.45, 7) is 2.93. The number of nitrogens with one attached hydrogen (secondary N) is 2. The fourth-order valence-corrected chi connectivity index (χ4v) is 1.21. The van der Waals surface area contributed by atoms with Crippen LogP contribution in [0.4, 0.5) is 5.69 Å². The third-order valence-electron chi connectivity index (χ3n) is 2.02.